The summed E-state index contributed by atoms with van der Waals surface area (Å²) >= 11 is 0. The Morgan fingerprint density at radius 3 is 0.852 bits per heavy atom. The number of hydrogen-bond donors (Lipinski definition) is 4. The molecule has 0 aliphatic heterocycles. The molecule has 0 bridgehead atoms. The highest BCUT2D eigenvalue weighted by Gasteiger charge is 2.20. The van der Waals surface area contributed by atoms with E-state index in [0.29, 0.717) is 24.5 Å². The smallest absolute Gasteiger partial charge is 0.267 e. The van der Waals surface area contributed by atoms with Crippen LogP contribution in [-0.2, 0) is 67.9 Å². The van der Waals surface area contributed by atoms with Gasteiger partial charge < -0.3 is 0 Å². The molecule has 0 spiro atoms. The molecule has 26 heteroatoms. The third-order valence-electron chi connectivity index (χ3n) is 6.39. The van der Waals surface area contributed by atoms with Gasteiger partial charge in [-0.1, -0.05) is 0 Å². The van der Waals surface area contributed by atoms with Crippen molar-refractivity contribution in [1.82, 2.24) is 39.9 Å². The van der Waals surface area contributed by atoms with Gasteiger partial charge in [-0.25, -0.2) is 65.9 Å². The predicted molar refractivity (Wildman–Crippen MR) is 188 cm³/mol. The van der Waals surface area contributed by atoms with Gasteiger partial charge in [0.2, 0.25) is 0 Å². The summed E-state index contributed by atoms with van der Waals surface area (Å²) in [5, 5.41) is 7.89. The van der Waals surface area contributed by atoms with E-state index in [1.54, 1.807) is 13.8 Å². The first-order valence-corrected chi connectivity index (χ1v) is 20.6. The minimum atomic E-state index is -4.08. The largest absolute Gasteiger partial charge is 0.285 e. The van der Waals surface area contributed by atoms with Crippen LogP contribution in [0.25, 0.3) is 0 Å². The highest BCUT2D eigenvalue weighted by atomic mass is 32.2. The van der Waals surface area contributed by atoms with E-state index in [0.717, 1.165) is 49.6 Å². The first-order valence-electron chi connectivity index (χ1n) is 15.1. The molecule has 0 radical (unpaired) electrons. The molecule has 6 atom stereocenters. The number of aromatic nitrogens is 8. The highest BCUT2D eigenvalue weighted by molar-refractivity contribution is 7.86. The van der Waals surface area contributed by atoms with Crippen LogP contribution in [-0.4, -0.2) is 95.2 Å². The summed E-state index contributed by atoms with van der Waals surface area (Å²) in [5.41, 5.74) is 0. The molecule has 6 N–H and O–H groups in total. The molecule has 300 valence electrons. The van der Waals surface area contributed by atoms with E-state index < -0.39 is 76.0 Å². The van der Waals surface area contributed by atoms with Crippen LogP contribution in [0.3, 0.4) is 0 Å². The Hall–Kier alpha value is -3.92. The van der Waals surface area contributed by atoms with Gasteiger partial charge >= 0.3 is 0 Å². The summed E-state index contributed by atoms with van der Waals surface area (Å²) in [6.07, 6.45) is 8.78. The van der Waals surface area contributed by atoms with Crippen molar-refractivity contribution in [2.45, 2.75) is 74.4 Å². The first kappa shape index (κ1) is 48.1. The maximum atomic E-state index is 12.4. The molecule has 4 rings (SSSR count). The van der Waals surface area contributed by atoms with Crippen molar-refractivity contribution in [3.63, 3.8) is 0 Å². The van der Waals surface area contributed by atoms with Crippen molar-refractivity contribution in [1.29, 1.82) is 0 Å². The second kappa shape index (κ2) is 23.1. The molecule has 18 nitrogen and oxygen atoms in total. The molecular formula is C28H38F4N10O8S4. The van der Waals surface area contributed by atoms with Gasteiger partial charge in [0.05, 0.1) is 92.5 Å². The molecule has 0 fully saturated rings. The van der Waals surface area contributed by atoms with Gasteiger partial charge in [0.1, 0.15) is 23.3 Å². The van der Waals surface area contributed by atoms with Gasteiger partial charge in [-0.15, -0.1) is 0 Å². The van der Waals surface area contributed by atoms with Crippen LogP contribution in [0, 0.1) is 23.3 Å². The van der Waals surface area contributed by atoms with E-state index in [-0.39, 0.29) is 35.0 Å². The third kappa shape index (κ3) is 20.5. The highest BCUT2D eigenvalue weighted by Crippen LogP contribution is 2.06. The number of halogens is 4. The lowest BCUT2D eigenvalue weighted by atomic mass is 10.3. The number of nitrogens with two attached hydrogens (primary N) is 2. The Bertz CT molecular complexity index is 1850. The molecule has 4 aromatic rings. The normalized spacial score (nSPS) is 14.6. The molecule has 2 unspecified atom stereocenters. The van der Waals surface area contributed by atoms with Gasteiger partial charge in [0, 0.05) is 25.7 Å². The summed E-state index contributed by atoms with van der Waals surface area (Å²) in [7, 11) is -10.9. The maximum absolute atomic E-state index is 12.4. The van der Waals surface area contributed by atoms with E-state index in [2.05, 4.69) is 39.9 Å². The average molecular weight is 847 g/mol. The minimum Gasteiger partial charge on any atom is -0.285 e. The van der Waals surface area contributed by atoms with E-state index in [9.17, 15) is 42.8 Å². The fourth-order valence-corrected chi connectivity index (χ4v) is 4.53. The van der Waals surface area contributed by atoms with E-state index in [4.69, 9.17) is 19.4 Å². The van der Waals surface area contributed by atoms with Crippen LogP contribution < -0.4 is 10.3 Å². The van der Waals surface area contributed by atoms with Crippen LogP contribution in [0.5, 0.6) is 0 Å². The number of hydrogen-bond acceptors (Lipinski definition) is 14. The van der Waals surface area contributed by atoms with Crippen molar-refractivity contribution in [3.05, 3.63) is 96.1 Å². The van der Waals surface area contributed by atoms with Crippen molar-refractivity contribution < 1.29 is 51.9 Å². The molecule has 54 heavy (non-hydrogen) atoms. The van der Waals surface area contributed by atoms with Crippen LogP contribution in [0.1, 0.15) is 51.0 Å². The number of nitrogens with zero attached hydrogens (tertiary/aromatic N) is 8. The molecule has 0 aliphatic rings. The topological polar surface area (TPSA) is 298 Å². The zero-order valence-corrected chi connectivity index (χ0v) is 32.2. The molecule has 4 aromatic heterocycles. The molecule has 0 saturated carbocycles. The van der Waals surface area contributed by atoms with E-state index in [1.165, 1.54) is 13.8 Å². The summed E-state index contributed by atoms with van der Waals surface area (Å²) < 4.78 is 131. The minimum absolute atomic E-state index is 0.0425. The van der Waals surface area contributed by atoms with Crippen LogP contribution in [0.4, 0.5) is 17.6 Å². The van der Waals surface area contributed by atoms with Crippen LogP contribution in [0.2, 0.25) is 0 Å². The van der Waals surface area contributed by atoms with Gasteiger partial charge in [0.25, 0.3) is 20.2 Å². The molecule has 4 heterocycles. The van der Waals surface area contributed by atoms with Crippen molar-refractivity contribution in [2.24, 2.45) is 10.3 Å². The van der Waals surface area contributed by atoms with Gasteiger partial charge in [0.15, 0.2) is 23.3 Å². The van der Waals surface area contributed by atoms with Crippen LogP contribution >= 0.6 is 0 Å². The Kier molecular flexibility index (Phi) is 20.6. The summed E-state index contributed by atoms with van der Waals surface area (Å²) in [6, 6.07) is 0. The molecule has 0 aromatic carbocycles. The molecule has 0 amide bonds. The standard InChI is InChI=1S/2C7H10FN3OS.2C7H9FN2O3S/c2*1-5(13(9)12)2-7-10-3-6(8)4-11-7;2*1-5(14(11,12)13)2-7-9-3-6(8)4-10-7/h2*3-5H,2,9H2,1H3;2*3-5H,2H2,1H3,(H,11,12,13)/t2*5-,13?;2*5-/m1010/s1. The summed E-state index contributed by atoms with van der Waals surface area (Å²) in [5.74, 6) is -0.884. The monoisotopic (exact) mass is 846 g/mol. The van der Waals surface area contributed by atoms with Crippen molar-refractivity contribution >= 4 is 42.2 Å². The van der Waals surface area contributed by atoms with Gasteiger partial charge in [-0.3, -0.25) is 19.4 Å². The lowest BCUT2D eigenvalue weighted by Crippen LogP contribution is -2.21. The fourth-order valence-electron chi connectivity index (χ4n) is 3.18. The maximum Gasteiger partial charge on any atom is 0.267 e. The van der Waals surface area contributed by atoms with Crippen LogP contribution in [0.15, 0.2) is 49.6 Å². The Balaban J connectivity index is 0.000000360. The first-order chi connectivity index (χ1) is 25.0. The quantitative estimate of drug-likeness (QED) is 0.115. The second-order valence-corrected chi connectivity index (χ2v) is 17.6. The fraction of sp³-hybridized carbons (Fsp3) is 0.429. The summed E-state index contributed by atoms with van der Waals surface area (Å²) in [4.78, 5) is 29.2. The van der Waals surface area contributed by atoms with Crippen molar-refractivity contribution in [3.8, 4) is 0 Å². The van der Waals surface area contributed by atoms with Crippen molar-refractivity contribution in [2.75, 3.05) is 0 Å². The van der Waals surface area contributed by atoms with Gasteiger partial charge in [-0.2, -0.15) is 16.8 Å². The Morgan fingerprint density at radius 2 is 0.685 bits per heavy atom. The zero-order valence-electron chi connectivity index (χ0n) is 29.0. The van der Waals surface area contributed by atoms with E-state index >= 15 is 0 Å². The van der Waals surface area contributed by atoms with E-state index in [1.807, 2.05) is 0 Å². The van der Waals surface area contributed by atoms with Gasteiger partial charge in [-0.05, 0) is 27.7 Å². The Morgan fingerprint density at radius 1 is 0.500 bits per heavy atom. The lowest BCUT2D eigenvalue weighted by molar-refractivity contribution is 0.466. The molecule has 0 aliphatic carbocycles. The second-order valence-electron chi connectivity index (χ2n) is 11.0. The number of rotatable bonds is 12. The predicted octanol–water partition coefficient (Wildman–Crippen LogP) is 1.21. The molecule has 0 saturated heterocycles. The molecular weight excluding hydrogens is 809 g/mol. The zero-order chi connectivity index (χ0) is 41.2. The SMILES string of the molecule is C[C@@H](Cc1ncc(F)cn1)S(=O)(=O)O.C[C@@H](Cc1ncc(F)cn1)S(N)=O.C[C@H](Cc1ncc(F)cn1)S(=O)(=O)O.C[C@H](Cc1ncc(F)cn1)S(N)=O. The lowest BCUT2D eigenvalue weighted by Gasteiger charge is -2.05. The Labute approximate surface area is 313 Å². The summed E-state index contributed by atoms with van der Waals surface area (Å²) in [6.45, 7) is 6.09. The third-order valence-corrected chi connectivity index (χ3v) is 10.7. The average Bonchev–Trinajstić information content (AvgIpc) is 3.08.